The van der Waals surface area contributed by atoms with Crippen LogP contribution in [0, 0.1) is 0 Å². The third kappa shape index (κ3) is 3.93. The van der Waals surface area contributed by atoms with Crippen molar-refractivity contribution in [2.24, 2.45) is 11.5 Å². The molecule has 1 heterocycles. The Labute approximate surface area is 120 Å². The molecule has 0 saturated heterocycles. The van der Waals surface area contributed by atoms with Gasteiger partial charge in [-0.05, 0) is 18.2 Å². The Kier molecular flexibility index (Phi) is 4.39. The fraction of sp³-hybridized carbons (Fsp3) is 0.308. The minimum atomic E-state index is -0.644. The van der Waals surface area contributed by atoms with E-state index in [1.807, 2.05) is 0 Å². The Morgan fingerprint density at radius 3 is 2.24 bits per heavy atom. The molecule has 0 saturated carbocycles. The van der Waals surface area contributed by atoms with Gasteiger partial charge >= 0.3 is 0 Å². The molecule has 0 aliphatic carbocycles. The number of nitrogens with zero attached hydrogens (tertiary/aromatic N) is 1. The highest BCUT2D eigenvalue weighted by atomic mass is 16.7. The summed E-state index contributed by atoms with van der Waals surface area (Å²) in [5.41, 5.74) is 10.5. The van der Waals surface area contributed by atoms with Gasteiger partial charge in [0.1, 0.15) is 0 Å². The monoisotopic (exact) mass is 293 g/mol. The van der Waals surface area contributed by atoms with Crippen molar-refractivity contribution in [3.05, 3.63) is 23.8 Å². The lowest BCUT2D eigenvalue weighted by Gasteiger charge is -2.17. The first kappa shape index (κ1) is 14.8. The van der Waals surface area contributed by atoms with Crippen LogP contribution in [0.25, 0.3) is 0 Å². The van der Waals surface area contributed by atoms with Gasteiger partial charge in [0.05, 0.1) is 19.6 Å². The van der Waals surface area contributed by atoms with Crippen LogP contribution in [0.15, 0.2) is 18.2 Å². The highest BCUT2D eigenvalue weighted by Crippen LogP contribution is 2.32. The molecule has 21 heavy (non-hydrogen) atoms. The number of hydrogen-bond acceptors (Lipinski definition) is 6. The number of fused-ring (bicyclic) bond motifs is 1. The Hall–Kier alpha value is -2.61. The van der Waals surface area contributed by atoms with E-state index in [0.29, 0.717) is 17.1 Å². The van der Waals surface area contributed by atoms with Crippen LogP contribution in [0.4, 0.5) is 0 Å². The molecule has 0 unspecified atom stereocenters. The van der Waals surface area contributed by atoms with Crippen LogP contribution in [0.5, 0.6) is 11.5 Å². The molecule has 0 atom stereocenters. The summed E-state index contributed by atoms with van der Waals surface area (Å²) in [6.07, 6.45) is 0. The van der Waals surface area contributed by atoms with Gasteiger partial charge in [0, 0.05) is 5.56 Å². The second-order valence-corrected chi connectivity index (χ2v) is 4.57. The smallest absolute Gasteiger partial charge is 0.231 e. The zero-order valence-corrected chi connectivity index (χ0v) is 11.2. The lowest BCUT2D eigenvalue weighted by molar-refractivity contribution is -0.121. The molecule has 0 aromatic heterocycles. The molecular formula is C13H15N3O5. The number of Topliss-reactive ketones (excluding diaryl/α,β-unsaturated/α-hetero) is 1. The number of amides is 2. The molecule has 0 bridgehead atoms. The van der Waals surface area contributed by atoms with Gasteiger partial charge in [0.2, 0.25) is 18.6 Å². The number of hydrogen-bond donors (Lipinski definition) is 2. The first-order valence-corrected chi connectivity index (χ1v) is 6.17. The lowest BCUT2D eigenvalue weighted by atomic mass is 10.1. The van der Waals surface area contributed by atoms with E-state index in [9.17, 15) is 14.4 Å². The molecule has 1 aliphatic heterocycles. The summed E-state index contributed by atoms with van der Waals surface area (Å²) < 4.78 is 10.3. The number of primary amides is 2. The largest absolute Gasteiger partial charge is 0.454 e. The van der Waals surface area contributed by atoms with Gasteiger partial charge in [0.25, 0.3) is 0 Å². The molecule has 1 aliphatic rings. The van der Waals surface area contributed by atoms with Gasteiger partial charge in [0.15, 0.2) is 17.3 Å². The van der Waals surface area contributed by atoms with E-state index in [1.54, 1.807) is 18.2 Å². The van der Waals surface area contributed by atoms with E-state index in [0.717, 1.165) is 0 Å². The SMILES string of the molecule is NC(=O)CN(CC(N)=O)CC(=O)c1ccc2c(c1)OCO2. The first-order valence-electron chi connectivity index (χ1n) is 6.17. The normalized spacial score (nSPS) is 12.4. The van der Waals surface area contributed by atoms with Crippen molar-refractivity contribution in [3.63, 3.8) is 0 Å². The number of carbonyl (C=O) groups is 3. The molecule has 1 aromatic rings. The molecule has 4 N–H and O–H groups in total. The zero-order valence-electron chi connectivity index (χ0n) is 11.2. The predicted molar refractivity (Wildman–Crippen MR) is 71.7 cm³/mol. The average molecular weight is 293 g/mol. The zero-order chi connectivity index (χ0) is 15.4. The van der Waals surface area contributed by atoms with Crippen LogP contribution in [0.1, 0.15) is 10.4 Å². The summed E-state index contributed by atoms with van der Waals surface area (Å²) in [7, 11) is 0. The van der Waals surface area contributed by atoms with Crippen molar-refractivity contribution >= 4 is 17.6 Å². The van der Waals surface area contributed by atoms with Crippen LogP contribution in [-0.4, -0.2) is 48.9 Å². The van der Waals surface area contributed by atoms with Gasteiger partial charge in [-0.25, -0.2) is 0 Å². The van der Waals surface area contributed by atoms with E-state index in [2.05, 4.69) is 0 Å². The summed E-state index contributed by atoms with van der Waals surface area (Å²) >= 11 is 0. The maximum atomic E-state index is 12.2. The Morgan fingerprint density at radius 1 is 1.00 bits per heavy atom. The number of benzene rings is 1. The van der Waals surface area contributed by atoms with Crippen molar-refractivity contribution in [1.29, 1.82) is 0 Å². The minimum absolute atomic E-state index is 0.114. The summed E-state index contributed by atoms with van der Waals surface area (Å²) in [5.74, 6) is -0.518. The molecule has 0 radical (unpaired) electrons. The molecule has 1 aromatic carbocycles. The fourth-order valence-electron chi connectivity index (χ4n) is 1.97. The Morgan fingerprint density at radius 2 is 1.62 bits per heavy atom. The first-order chi connectivity index (χ1) is 9.95. The summed E-state index contributed by atoms with van der Waals surface area (Å²) in [6, 6.07) is 4.77. The fourth-order valence-corrected chi connectivity index (χ4v) is 1.97. The number of rotatable bonds is 7. The van der Waals surface area contributed by atoms with Gasteiger partial charge in [-0.15, -0.1) is 0 Å². The average Bonchev–Trinajstić information content (AvgIpc) is 2.83. The Bertz CT molecular complexity index is 571. The molecule has 8 heteroatoms. The van der Waals surface area contributed by atoms with Crippen molar-refractivity contribution in [2.75, 3.05) is 26.4 Å². The number of ether oxygens (including phenoxy) is 2. The van der Waals surface area contributed by atoms with E-state index in [1.165, 1.54) is 4.90 Å². The van der Waals surface area contributed by atoms with Gasteiger partial charge < -0.3 is 20.9 Å². The van der Waals surface area contributed by atoms with Crippen LogP contribution in [0.2, 0.25) is 0 Å². The number of ketones is 1. The second kappa shape index (κ2) is 6.23. The third-order valence-corrected chi connectivity index (χ3v) is 2.82. The maximum absolute atomic E-state index is 12.2. The minimum Gasteiger partial charge on any atom is -0.454 e. The standard InChI is InChI=1S/C13H15N3O5/c14-12(18)5-16(6-13(15)19)4-9(17)8-1-2-10-11(3-8)21-7-20-10/h1-3H,4-7H2,(H2,14,18)(H2,15,19). The molecule has 8 nitrogen and oxygen atoms in total. The third-order valence-electron chi connectivity index (χ3n) is 2.82. The van der Waals surface area contributed by atoms with Crippen LogP contribution < -0.4 is 20.9 Å². The van der Waals surface area contributed by atoms with Crippen molar-refractivity contribution in [3.8, 4) is 11.5 Å². The maximum Gasteiger partial charge on any atom is 0.231 e. The number of carbonyl (C=O) groups excluding carboxylic acids is 3. The van der Waals surface area contributed by atoms with E-state index < -0.39 is 11.8 Å². The molecule has 112 valence electrons. The molecule has 2 amide bonds. The van der Waals surface area contributed by atoms with Crippen molar-refractivity contribution in [1.82, 2.24) is 4.90 Å². The topological polar surface area (TPSA) is 125 Å². The highest BCUT2D eigenvalue weighted by Gasteiger charge is 2.19. The van der Waals surface area contributed by atoms with Crippen LogP contribution >= 0.6 is 0 Å². The van der Waals surface area contributed by atoms with Crippen molar-refractivity contribution < 1.29 is 23.9 Å². The molecular weight excluding hydrogens is 278 g/mol. The lowest BCUT2D eigenvalue weighted by Crippen LogP contribution is -2.42. The van der Waals surface area contributed by atoms with E-state index >= 15 is 0 Å². The quantitative estimate of drug-likeness (QED) is 0.613. The van der Waals surface area contributed by atoms with Crippen molar-refractivity contribution in [2.45, 2.75) is 0 Å². The van der Waals surface area contributed by atoms with Crippen LogP contribution in [0.3, 0.4) is 0 Å². The molecule has 0 fully saturated rings. The second-order valence-electron chi connectivity index (χ2n) is 4.57. The van der Waals surface area contributed by atoms with Gasteiger partial charge in [-0.1, -0.05) is 0 Å². The van der Waals surface area contributed by atoms with E-state index in [4.69, 9.17) is 20.9 Å². The van der Waals surface area contributed by atoms with Crippen LogP contribution in [-0.2, 0) is 9.59 Å². The predicted octanol–water partition coefficient (Wildman–Crippen LogP) is -1.13. The van der Waals surface area contributed by atoms with Gasteiger partial charge in [-0.3, -0.25) is 19.3 Å². The van der Waals surface area contributed by atoms with Gasteiger partial charge in [-0.2, -0.15) is 0 Å². The Balaban J connectivity index is 2.07. The molecule has 0 spiro atoms. The van der Waals surface area contributed by atoms with E-state index in [-0.39, 0.29) is 32.2 Å². The summed E-state index contributed by atoms with van der Waals surface area (Å²) in [6.45, 7) is -0.480. The molecule has 2 rings (SSSR count). The number of nitrogens with two attached hydrogens (primary N) is 2. The summed E-state index contributed by atoms with van der Waals surface area (Å²) in [4.78, 5) is 35.4. The summed E-state index contributed by atoms with van der Waals surface area (Å²) in [5, 5.41) is 0. The highest BCUT2D eigenvalue weighted by molar-refractivity contribution is 5.98.